The number of ketones is 1. The first-order valence-corrected chi connectivity index (χ1v) is 20.0. The Morgan fingerprint density at radius 1 is 1.13 bits per heavy atom. The van der Waals surface area contributed by atoms with Gasteiger partial charge in [-0.3, -0.25) is 23.9 Å². The smallest absolute Gasteiger partial charge is 0.408 e. The molecular formula is C39H51N5O10S. The fraction of sp³-hybridized carbons (Fsp3) is 0.538. The molecule has 5 unspecified atom stereocenters. The minimum absolute atomic E-state index is 0.0438. The van der Waals surface area contributed by atoms with Crippen molar-refractivity contribution in [1.82, 2.24) is 25.2 Å². The number of likely N-dealkylation sites (tertiary alicyclic amines) is 1. The fourth-order valence-corrected chi connectivity index (χ4v) is 7.84. The number of rotatable bonds is 16. The lowest BCUT2D eigenvalue weighted by atomic mass is 10.0. The van der Waals surface area contributed by atoms with Gasteiger partial charge in [0.2, 0.25) is 27.7 Å². The van der Waals surface area contributed by atoms with Crippen molar-refractivity contribution in [3.05, 3.63) is 55.3 Å². The molecule has 2 saturated carbocycles. The average Bonchev–Trinajstić information content (AvgIpc) is 4.04. The summed E-state index contributed by atoms with van der Waals surface area (Å²) in [4.78, 5) is 73.8. The number of sulfonamides is 1. The number of hydrogen-bond donors (Lipinski definition) is 3. The summed E-state index contributed by atoms with van der Waals surface area (Å²) in [5.74, 6) is -2.12. The van der Waals surface area contributed by atoms with E-state index in [2.05, 4.69) is 26.9 Å². The zero-order valence-corrected chi connectivity index (χ0v) is 32.9. The third-order valence-corrected chi connectivity index (χ3v) is 11.5. The Morgan fingerprint density at radius 3 is 2.47 bits per heavy atom. The van der Waals surface area contributed by atoms with Gasteiger partial charge in [0.25, 0.3) is 5.91 Å². The first-order valence-electron chi connectivity index (χ1n) is 18.5. The molecular weight excluding hydrogens is 731 g/mol. The molecule has 2 aromatic rings. The van der Waals surface area contributed by atoms with Crippen molar-refractivity contribution in [2.24, 2.45) is 11.8 Å². The van der Waals surface area contributed by atoms with E-state index in [1.165, 1.54) is 17.1 Å². The first-order chi connectivity index (χ1) is 25.9. The fourth-order valence-electron chi connectivity index (χ4n) is 6.48. The summed E-state index contributed by atoms with van der Waals surface area (Å²) < 4.78 is 44.7. The molecule has 0 bridgehead atoms. The molecule has 4 amide bonds. The second-order valence-electron chi connectivity index (χ2n) is 15.7. The molecule has 5 rings (SSSR count). The number of alkyl carbamates (subject to hydrolysis) is 1. The zero-order valence-electron chi connectivity index (χ0n) is 32.1. The Hall–Kier alpha value is -4.99. The summed E-state index contributed by atoms with van der Waals surface area (Å²) >= 11 is 0. The number of hydrogen-bond acceptors (Lipinski definition) is 11. The number of ether oxygens (including phenoxy) is 3. The van der Waals surface area contributed by atoms with E-state index in [1.807, 2.05) is 19.9 Å². The Bertz CT molecular complexity index is 1970. The van der Waals surface area contributed by atoms with Gasteiger partial charge < -0.3 is 29.7 Å². The molecule has 16 heteroatoms. The van der Waals surface area contributed by atoms with Crippen molar-refractivity contribution < 1.29 is 46.6 Å². The number of methoxy groups -OCH3 is 1. The van der Waals surface area contributed by atoms with Gasteiger partial charge in [-0.15, -0.1) is 6.58 Å². The molecule has 5 atom stereocenters. The van der Waals surface area contributed by atoms with Crippen LogP contribution in [0.4, 0.5) is 4.79 Å². The van der Waals surface area contributed by atoms with E-state index in [-0.39, 0.29) is 49.8 Å². The Kier molecular flexibility index (Phi) is 12.3. The van der Waals surface area contributed by atoms with Gasteiger partial charge in [0.15, 0.2) is 5.78 Å². The second-order valence-corrected chi connectivity index (χ2v) is 17.6. The lowest BCUT2D eigenvalue weighted by Crippen LogP contribution is -2.58. The summed E-state index contributed by atoms with van der Waals surface area (Å²) in [7, 11) is -2.38. The summed E-state index contributed by atoms with van der Waals surface area (Å²) in [5, 5.41) is 6.12. The third-order valence-electron chi connectivity index (χ3n) is 9.65. The van der Waals surface area contributed by atoms with Gasteiger partial charge in [-0.25, -0.2) is 18.2 Å². The number of nitrogens with zero attached hydrogens (tertiary/aromatic N) is 2. The van der Waals surface area contributed by atoms with Crippen LogP contribution in [-0.4, -0.2) is 96.1 Å². The van der Waals surface area contributed by atoms with E-state index < -0.39 is 74.3 Å². The number of amides is 4. The van der Waals surface area contributed by atoms with Crippen LogP contribution in [0, 0.1) is 11.8 Å². The minimum Gasteiger partial charge on any atom is -0.497 e. The van der Waals surface area contributed by atoms with Crippen LogP contribution >= 0.6 is 0 Å². The van der Waals surface area contributed by atoms with Gasteiger partial charge >= 0.3 is 6.09 Å². The van der Waals surface area contributed by atoms with E-state index >= 15 is 0 Å². The molecule has 2 heterocycles. The maximum atomic E-state index is 14.5. The lowest BCUT2D eigenvalue weighted by Gasteiger charge is -2.30. The van der Waals surface area contributed by atoms with Crippen molar-refractivity contribution in [2.75, 3.05) is 13.7 Å². The van der Waals surface area contributed by atoms with Crippen LogP contribution in [0.5, 0.6) is 11.6 Å². The number of carbonyl (C=O) groups is 5. The van der Waals surface area contributed by atoms with Crippen LogP contribution in [0.15, 0.2) is 55.3 Å². The monoisotopic (exact) mass is 781 g/mol. The summed E-state index contributed by atoms with van der Waals surface area (Å²) in [5.41, 5.74) is -2.50. The molecule has 1 aromatic carbocycles. The van der Waals surface area contributed by atoms with Crippen LogP contribution in [0.3, 0.4) is 0 Å². The Labute approximate surface area is 321 Å². The van der Waals surface area contributed by atoms with Gasteiger partial charge in [0, 0.05) is 30.3 Å². The molecule has 1 saturated heterocycles. The van der Waals surface area contributed by atoms with E-state index in [9.17, 15) is 32.4 Å². The van der Waals surface area contributed by atoms with Gasteiger partial charge in [-0.2, -0.15) is 0 Å². The largest absolute Gasteiger partial charge is 0.497 e. The standard InChI is InChI=1S/C39H51N5O10S/c1-8-25-21-39(25,36(48)43-55(50,51)29-13-14-29)42-33(46)32-20-28(53-34-30-15-12-27(52-7)19-24(30)17-18-40-34)22-44(32)35(47)31(41-37(49)54-38(4,5)6)16-11-26(45)10-9-23(2)3/h8-10,12,15,17-19,23,25,28-29,31-32H,1,11,13-14,16,20-22H2,2-7H3,(H,41,49)(H,42,46)(H,43,48). The molecule has 2 aliphatic carbocycles. The second kappa shape index (κ2) is 16.4. The predicted octanol–water partition coefficient (Wildman–Crippen LogP) is 3.72. The number of carbonyl (C=O) groups excluding carboxylic acids is 5. The van der Waals surface area contributed by atoms with Gasteiger partial charge in [-0.1, -0.05) is 26.0 Å². The average molecular weight is 782 g/mol. The van der Waals surface area contributed by atoms with Crippen molar-refractivity contribution in [3.8, 4) is 11.6 Å². The molecule has 0 radical (unpaired) electrons. The molecule has 3 fully saturated rings. The van der Waals surface area contributed by atoms with Crippen molar-refractivity contribution in [2.45, 2.75) is 108 Å². The quantitative estimate of drug-likeness (QED) is 0.166. The normalized spacial score (nSPS) is 22.9. The maximum absolute atomic E-state index is 14.5. The van der Waals surface area contributed by atoms with Crippen molar-refractivity contribution in [3.63, 3.8) is 0 Å². The minimum atomic E-state index is -3.93. The number of nitrogens with one attached hydrogen (secondary N) is 3. The number of allylic oxidation sites excluding steroid dienone is 2. The molecule has 1 aliphatic heterocycles. The van der Waals surface area contributed by atoms with Crippen LogP contribution in [0.25, 0.3) is 10.8 Å². The summed E-state index contributed by atoms with van der Waals surface area (Å²) in [6, 6.07) is 4.62. The molecule has 1 aromatic heterocycles. The predicted molar refractivity (Wildman–Crippen MR) is 203 cm³/mol. The van der Waals surface area contributed by atoms with Crippen LogP contribution in [0.2, 0.25) is 0 Å². The highest BCUT2D eigenvalue weighted by Gasteiger charge is 2.62. The molecule has 3 N–H and O–H groups in total. The maximum Gasteiger partial charge on any atom is 0.408 e. The highest BCUT2D eigenvalue weighted by molar-refractivity contribution is 7.91. The SMILES string of the molecule is C=CC1CC1(NC(=O)C1CC(Oc2nccc3cc(OC)ccc23)CN1C(=O)C(CCC(=O)C=CC(C)C)NC(=O)OC(C)(C)C)C(=O)NS(=O)(=O)C1CC1. The summed E-state index contributed by atoms with van der Waals surface area (Å²) in [6.45, 7) is 12.5. The lowest BCUT2D eigenvalue weighted by molar-refractivity contribution is -0.141. The van der Waals surface area contributed by atoms with Crippen molar-refractivity contribution >= 4 is 50.4 Å². The number of pyridine rings is 1. The number of benzene rings is 1. The topological polar surface area (TPSA) is 199 Å². The van der Waals surface area contributed by atoms with E-state index in [0.717, 1.165) is 5.39 Å². The molecule has 0 spiro atoms. The van der Waals surface area contributed by atoms with Crippen LogP contribution in [0.1, 0.15) is 73.1 Å². The Morgan fingerprint density at radius 2 is 1.85 bits per heavy atom. The van der Waals surface area contributed by atoms with E-state index in [0.29, 0.717) is 24.0 Å². The number of aromatic nitrogens is 1. The zero-order chi connectivity index (χ0) is 40.3. The van der Waals surface area contributed by atoms with E-state index in [4.69, 9.17) is 14.2 Å². The van der Waals surface area contributed by atoms with Crippen LogP contribution < -0.4 is 24.8 Å². The molecule has 15 nitrogen and oxygen atoms in total. The third kappa shape index (κ3) is 10.2. The van der Waals surface area contributed by atoms with Gasteiger partial charge in [0.1, 0.15) is 35.1 Å². The van der Waals surface area contributed by atoms with Crippen molar-refractivity contribution in [1.29, 1.82) is 0 Å². The molecule has 55 heavy (non-hydrogen) atoms. The highest BCUT2D eigenvalue weighted by Crippen LogP contribution is 2.45. The van der Waals surface area contributed by atoms with Gasteiger partial charge in [0.05, 0.1) is 18.9 Å². The Balaban J connectivity index is 1.44. The molecule has 3 aliphatic rings. The van der Waals surface area contributed by atoms with Gasteiger partial charge in [-0.05, 0) is 88.1 Å². The first kappa shape index (κ1) is 41.2. The molecule has 298 valence electrons. The number of fused-ring (bicyclic) bond motifs is 1. The van der Waals surface area contributed by atoms with Crippen LogP contribution in [-0.2, 0) is 33.9 Å². The summed E-state index contributed by atoms with van der Waals surface area (Å²) in [6.07, 6.45) is 5.26. The van der Waals surface area contributed by atoms with E-state index in [1.54, 1.807) is 58.4 Å². The highest BCUT2D eigenvalue weighted by atomic mass is 32.2.